The minimum Gasteiger partial charge on any atom is -0.487 e. The van der Waals surface area contributed by atoms with Crippen LogP contribution in [0.3, 0.4) is 0 Å². The lowest BCUT2D eigenvalue weighted by molar-refractivity contribution is 0.0726. The van der Waals surface area contributed by atoms with Gasteiger partial charge in [-0.2, -0.15) is 5.10 Å². The van der Waals surface area contributed by atoms with Gasteiger partial charge >= 0.3 is 0 Å². The first-order valence-corrected chi connectivity index (χ1v) is 9.62. The Morgan fingerprint density at radius 2 is 2.10 bits per heavy atom. The number of H-pyrrole nitrogens is 1. The molecule has 0 aliphatic carbocycles. The summed E-state index contributed by atoms with van der Waals surface area (Å²) >= 11 is 0. The van der Waals surface area contributed by atoms with Crippen LogP contribution in [0, 0.1) is 0 Å². The Morgan fingerprint density at radius 1 is 1.21 bits per heavy atom. The van der Waals surface area contributed by atoms with E-state index in [0.717, 1.165) is 18.5 Å². The number of pyridine rings is 1. The van der Waals surface area contributed by atoms with Gasteiger partial charge in [0, 0.05) is 18.3 Å². The molecule has 148 valence electrons. The second-order valence-electron chi connectivity index (χ2n) is 7.06. The van der Waals surface area contributed by atoms with Crippen LogP contribution in [0.15, 0.2) is 54.7 Å². The molecule has 0 saturated carbocycles. The molecule has 1 fully saturated rings. The SMILES string of the molecule is CC(=O)c1cccc(OCc2cc(C(=O)N3CCC[C@@H]3c3ccccn3)n[nH]2)c1. The molecule has 1 aliphatic heterocycles. The summed E-state index contributed by atoms with van der Waals surface area (Å²) in [6.07, 6.45) is 3.59. The second-order valence-corrected chi connectivity index (χ2v) is 7.06. The number of nitrogens with zero attached hydrogens (tertiary/aromatic N) is 3. The molecule has 1 aliphatic rings. The van der Waals surface area contributed by atoms with Crippen molar-refractivity contribution in [3.8, 4) is 5.75 Å². The van der Waals surface area contributed by atoms with E-state index in [4.69, 9.17) is 4.74 Å². The van der Waals surface area contributed by atoms with E-state index in [0.29, 0.717) is 29.2 Å². The van der Waals surface area contributed by atoms with Gasteiger partial charge < -0.3 is 9.64 Å². The number of benzene rings is 1. The highest BCUT2D eigenvalue weighted by atomic mass is 16.5. The minimum atomic E-state index is -0.112. The third-order valence-corrected chi connectivity index (χ3v) is 5.03. The van der Waals surface area contributed by atoms with Gasteiger partial charge in [0.05, 0.1) is 17.4 Å². The van der Waals surface area contributed by atoms with Gasteiger partial charge in [-0.3, -0.25) is 19.7 Å². The molecule has 1 N–H and O–H groups in total. The Labute approximate surface area is 168 Å². The summed E-state index contributed by atoms with van der Waals surface area (Å²) in [5.74, 6) is 0.465. The largest absolute Gasteiger partial charge is 0.487 e. The fourth-order valence-electron chi connectivity index (χ4n) is 3.55. The third kappa shape index (κ3) is 4.18. The van der Waals surface area contributed by atoms with E-state index in [1.807, 2.05) is 23.1 Å². The van der Waals surface area contributed by atoms with E-state index < -0.39 is 0 Å². The number of aromatic amines is 1. The van der Waals surface area contributed by atoms with Crippen LogP contribution < -0.4 is 4.74 Å². The highest BCUT2D eigenvalue weighted by molar-refractivity contribution is 5.94. The number of amides is 1. The number of Topliss-reactive ketones (excluding diaryl/α,β-unsaturated/α-hetero) is 1. The highest BCUT2D eigenvalue weighted by Gasteiger charge is 2.32. The van der Waals surface area contributed by atoms with Crippen LogP contribution in [0.5, 0.6) is 5.75 Å². The van der Waals surface area contributed by atoms with Gasteiger partial charge in [0.2, 0.25) is 0 Å². The molecule has 3 aromatic rings. The molecule has 1 aromatic carbocycles. The molecule has 0 bridgehead atoms. The molecule has 0 spiro atoms. The lowest BCUT2D eigenvalue weighted by Crippen LogP contribution is -2.31. The van der Waals surface area contributed by atoms with E-state index in [1.165, 1.54) is 6.92 Å². The fraction of sp³-hybridized carbons (Fsp3) is 0.273. The Bertz CT molecular complexity index is 1020. The molecule has 7 nitrogen and oxygen atoms in total. The Hall–Kier alpha value is -3.48. The number of nitrogens with one attached hydrogen (secondary N) is 1. The molecule has 0 unspecified atom stereocenters. The molecule has 4 rings (SSSR count). The summed E-state index contributed by atoms with van der Waals surface area (Å²) < 4.78 is 5.73. The van der Waals surface area contributed by atoms with Crippen LogP contribution >= 0.6 is 0 Å². The van der Waals surface area contributed by atoms with Crippen molar-refractivity contribution in [2.75, 3.05) is 6.54 Å². The number of hydrogen-bond acceptors (Lipinski definition) is 5. The Balaban J connectivity index is 1.43. The van der Waals surface area contributed by atoms with Crippen molar-refractivity contribution in [1.29, 1.82) is 0 Å². The van der Waals surface area contributed by atoms with Crippen molar-refractivity contribution < 1.29 is 14.3 Å². The third-order valence-electron chi connectivity index (χ3n) is 5.03. The average Bonchev–Trinajstić information content (AvgIpc) is 3.42. The molecule has 3 heterocycles. The molecule has 1 atom stereocenters. The number of carbonyl (C=O) groups excluding carboxylic acids is 2. The van der Waals surface area contributed by atoms with Crippen LogP contribution in [0.25, 0.3) is 0 Å². The number of carbonyl (C=O) groups is 2. The molecule has 2 aromatic heterocycles. The van der Waals surface area contributed by atoms with Crippen molar-refractivity contribution in [2.24, 2.45) is 0 Å². The number of hydrogen-bond donors (Lipinski definition) is 1. The van der Waals surface area contributed by atoms with E-state index in [1.54, 1.807) is 36.5 Å². The average molecular weight is 390 g/mol. The summed E-state index contributed by atoms with van der Waals surface area (Å²) in [5, 5.41) is 7.04. The van der Waals surface area contributed by atoms with Gasteiger partial charge in [-0.25, -0.2) is 0 Å². The van der Waals surface area contributed by atoms with Gasteiger partial charge in [-0.05, 0) is 50.1 Å². The monoisotopic (exact) mass is 390 g/mol. The zero-order valence-electron chi connectivity index (χ0n) is 16.2. The molecule has 1 amide bonds. The maximum absolute atomic E-state index is 13.0. The number of ether oxygens (including phenoxy) is 1. The quantitative estimate of drug-likeness (QED) is 0.650. The van der Waals surface area contributed by atoms with Crippen molar-refractivity contribution in [3.05, 3.63) is 77.4 Å². The number of aromatic nitrogens is 3. The molecule has 7 heteroatoms. The zero-order valence-corrected chi connectivity index (χ0v) is 16.2. The first-order valence-electron chi connectivity index (χ1n) is 9.62. The van der Waals surface area contributed by atoms with Crippen molar-refractivity contribution >= 4 is 11.7 Å². The highest BCUT2D eigenvalue weighted by Crippen LogP contribution is 2.31. The van der Waals surface area contributed by atoms with Crippen molar-refractivity contribution in [3.63, 3.8) is 0 Å². The van der Waals surface area contributed by atoms with E-state index in [2.05, 4.69) is 15.2 Å². The van der Waals surface area contributed by atoms with Crippen LogP contribution in [0.2, 0.25) is 0 Å². The van der Waals surface area contributed by atoms with Gasteiger partial charge in [0.25, 0.3) is 5.91 Å². The first-order chi connectivity index (χ1) is 14.1. The maximum Gasteiger partial charge on any atom is 0.274 e. The van der Waals surface area contributed by atoms with E-state index in [9.17, 15) is 9.59 Å². The van der Waals surface area contributed by atoms with Gasteiger partial charge in [0.1, 0.15) is 12.4 Å². The number of rotatable bonds is 6. The molecular weight excluding hydrogens is 368 g/mol. The summed E-state index contributed by atoms with van der Waals surface area (Å²) in [6.45, 7) is 2.43. The lowest BCUT2D eigenvalue weighted by Gasteiger charge is -2.23. The van der Waals surface area contributed by atoms with Crippen LogP contribution in [-0.4, -0.2) is 38.3 Å². The molecular formula is C22H22N4O3. The van der Waals surface area contributed by atoms with Crippen LogP contribution in [0.4, 0.5) is 0 Å². The van der Waals surface area contributed by atoms with E-state index >= 15 is 0 Å². The lowest BCUT2D eigenvalue weighted by atomic mass is 10.1. The van der Waals surface area contributed by atoms with Gasteiger partial charge in [0.15, 0.2) is 11.5 Å². The molecule has 29 heavy (non-hydrogen) atoms. The fourth-order valence-corrected chi connectivity index (χ4v) is 3.55. The summed E-state index contributed by atoms with van der Waals surface area (Å²) in [5.41, 5.74) is 2.56. The number of likely N-dealkylation sites (tertiary alicyclic amines) is 1. The summed E-state index contributed by atoms with van der Waals surface area (Å²) in [6, 6.07) is 14.5. The molecule has 0 radical (unpaired) electrons. The van der Waals surface area contributed by atoms with Crippen molar-refractivity contribution in [2.45, 2.75) is 32.4 Å². The second kappa shape index (κ2) is 8.26. The predicted molar refractivity (Wildman–Crippen MR) is 107 cm³/mol. The maximum atomic E-state index is 13.0. The topological polar surface area (TPSA) is 88.2 Å². The zero-order chi connectivity index (χ0) is 20.2. The minimum absolute atomic E-state index is 0.0158. The smallest absolute Gasteiger partial charge is 0.274 e. The number of ketones is 1. The van der Waals surface area contributed by atoms with Crippen LogP contribution in [-0.2, 0) is 6.61 Å². The first kappa shape index (κ1) is 18.9. The van der Waals surface area contributed by atoms with Crippen LogP contribution in [0.1, 0.15) is 58.0 Å². The molecule has 1 saturated heterocycles. The summed E-state index contributed by atoms with van der Waals surface area (Å²) in [4.78, 5) is 30.7. The van der Waals surface area contributed by atoms with Crippen molar-refractivity contribution in [1.82, 2.24) is 20.1 Å². The normalized spacial score (nSPS) is 16.0. The summed E-state index contributed by atoms with van der Waals surface area (Å²) in [7, 11) is 0. The van der Waals surface area contributed by atoms with Gasteiger partial charge in [-0.1, -0.05) is 18.2 Å². The van der Waals surface area contributed by atoms with E-state index in [-0.39, 0.29) is 24.3 Å². The Morgan fingerprint density at radius 3 is 2.90 bits per heavy atom. The Kier molecular flexibility index (Phi) is 5.37. The predicted octanol–water partition coefficient (Wildman–Crippen LogP) is 3.56. The standard InChI is InChI=1S/C22H22N4O3/c1-15(27)16-6-4-7-18(12-16)29-14-17-13-20(25-24-17)22(28)26-11-5-9-21(26)19-8-2-3-10-23-19/h2-4,6-8,10,12-13,21H,5,9,11,14H2,1H3,(H,24,25)/t21-/m1/s1. The van der Waals surface area contributed by atoms with Gasteiger partial charge in [-0.15, -0.1) is 0 Å².